The molecule has 0 radical (unpaired) electrons. The van der Waals surface area contributed by atoms with Crippen LogP contribution in [0.2, 0.25) is 0 Å². The van der Waals surface area contributed by atoms with E-state index < -0.39 is 0 Å². The molecule has 0 saturated carbocycles. The van der Waals surface area contributed by atoms with E-state index in [1.807, 2.05) is 0 Å². The molecule has 2 heterocycles. The van der Waals surface area contributed by atoms with Crippen molar-refractivity contribution in [2.75, 3.05) is 26.7 Å². The summed E-state index contributed by atoms with van der Waals surface area (Å²) in [6.45, 7) is 1.91. The first kappa shape index (κ1) is 14.0. The molecule has 2 amide bonds. The summed E-state index contributed by atoms with van der Waals surface area (Å²) < 4.78 is 0.684. The summed E-state index contributed by atoms with van der Waals surface area (Å²) in [6, 6.07) is 3.56. The fourth-order valence-electron chi connectivity index (χ4n) is 2.04. The predicted molar refractivity (Wildman–Crippen MR) is 74.7 cm³/mol. The van der Waals surface area contributed by atoms with Crippen LogP contribution in [0.5, 0.6) is 0 Å². The van der Waals surface area contributed by atoms with Crippen molar-refractivity contribution in [2.24, 2.45) is 0 Å². The van der Waals surface area contributed by atoms with Gasteiger partial charge in [0.1, 0.15) is 5.69 Å². The summed E-state index contributed by atoms with van der Waals surface area (Å²) in [6.07, 6.45) is 3.14. The Bertz CT molecular complexity index is 493. The third-order valence-corrected chi connectivity index (χ3v) is 3.82. The lowest BCUT2D eigenvalue weighted by atomic mass is 10.3. The van der Waals surface area contributed by atoms with Gasteiger partial charge in [-0.1, -0.05) is 0 Å². The molecular formula is C13H16BrN3O2. The summed E-state index contributed by atoms with van der Waals surface area (Å²) in [5.74, 6) is 0.0407. The highest BCUT2D eigenvalue weighted by atomic mass is 79.9. The Morgan fingerprint density at radius 2 is 2.37 bits per heavy atom. The van der Waals surface area contributed by atoms with Gasteiger partial charge in [-0.3, -0.25) is 9.59 Å². The third kappa shape index (κ3) is 3.32. The van der Waals surface area contributed by atoms with E-state index in [2.05, 4.69) is 20.9 Å². The quantitative estimate of drug-likeness (QED) is 0.843. The smallest absolute Gasteiger partial charge is 0.273 e. The monoisotopic (exact) mass is 325 g/mol. The minimum Gasteiger partial charge on any atom is -0.341 e. The molecule has 1 aliphatic rings. The zero-order valence-electron chi connectivity index (χ0n) is 10.8. The maximum Gasteiger partial charge on any atom is 0.273 e. The molecule has 2 rings (SSSR count). The molecule has 1 aliphatic heterocycles. The Balaban J connectivity index is 1.93. The van der Waals surface area contributed by atoms with E-state index >= 15 is 0 Å². The molecular weight excluding hydrogens is 310 g/mol. The highest BCUT2D eigenvalue weighted by Gasteiger charge is 2.22. The van der Waals surface area contributed by atoms with Gasteiger partial charge in [-0.25, -0.2) is 4.98 Å². The Morgan fingerprint density at radius 1 is 1.58 bits per heavy atom. The van der Waals surface area contributed by atoms with Crippen molar-refractivity contribution < 1.29 is 9.59 Å². The summed E-state index contributed by atoms with van der Waals surface area (Å²) in [5, 5.41) is 0. The normalized spacial score (nSPS) is 14.8. The fraction of sp³-hybridized carbons (Fsp3) is 0.462. The van der Waals surface area contributed by atoms with Crippen molar-refractivity contribution in [3.05, 3.63) is 28.5 Å². The fourth-order valence-corrected chi connectivity index (χ4v) is 2.46. The molecule has 0 unspecified atom stereocenters. The number of likely N-dealkylation sites (tertiary alicyclic amines) is 1. The van der Waals surface area contributed by atoms with Crippen LogP contribution in [-0.4, -0.2) is 53.3 Å². The minimum atomic E-state index is -0.140. The van der Waals surface area contributed by atoms with Crippen molar-refractivity contribution in [2.45, 2.75) is 12.8 Å². The van der Waals surface area contributed by atoms with Crippen LogP contribution in [0.1, 0.15) is 23.3 Å². The molecule has 1 fully saturated rings. The number of hydrogen-bond acceptors (Lipinski definition) is 3. The number of carbonyl (C=O) groups excluding carboxylic acids is 2. The van der Waals surface area contributed by atoms with Gasteiger partial charge in [0.25, 0.3) is 5.91 Å². The average molecular weight is 326 g/mol. The molecule has 6 heteroatoms. The molecule has 1 aromatic heterocycles. The molecule has 102 valence electrons. The lowest BCUT2D eigenvalue weighted by molar-refractivity contribution is -0.127. The van der Waals surface area contributed by atoms with Gasteiger partial charge in [0.15, 0.2) is 0 Å². The predicted octanol–water partition coefficient (Wildman–Crippen LogP) is 1.54. The Morgan fingerprint density at radius 3 is 3.00 bits per heavy atom. The second-order valence-corrected chi connectivity index (χ2v) is 5.40. The maximum absolute atomic E-state index is 12.2. The van der Waals surface area contributed by atoms with E-state index in [1.165, 1.54) is 0 Å². The largest absolute Gasteiger partial charge is 0.341 e. The highest BCUT2D eigenvalue weighted by Crippen LogP contribution is 2.15. The van der Waals surface area contributed by atoms with Gasteiger partial charge in [0.05, 0.1) is 0 Å². The Hall–Kier alpha value is -1.43. The van der Waals surface area contributed by atoms with E-state index in [-0.39, 0.29) is 11.8 Å². The van der Waals surface area contributed by atoms with Crippen LogP contribution in [0.4, 0.5) is 0 Å². The van der Waals surface area contributed by atoms with Gasteiger partial charge in [-0.2, -0.15) is 0 Å². The summed E-state index contributed by atoms with van der Waals surface area (Å²) in [4.78, 5) is 31.1. The van der Waals surface area contributed by atoms with Crippen LogP contribution in [0, 0.1) is 0 Å². The van der Waals surface area contributed by atoms with Crippen LogP contribution < -0.4 is 0 Å². The van der Waals surface area contributed by atoms with Gasteiger partial charge >= 0.3 is 0 Å². The van der Waals surface area contributed by atoms with Crippen molar-refractivity contribution >= 4 is 27.7 Å². The van der Waals surface area contributed by atoms with Gasteiger partial charge < -0.3 is 9.80 Å². The molecule has 0 spiro atoms. The number of pyridine rings is 1. The minimum absolute atomic E-state index is 0.140. The van der Waals surface area contributed by atoms with E-state index in [0.29, 0.717) is 29.7 Å². The summed E-state index contributed by atoms with van der Waals surface area (Å²) in [7, 11) is 1.73. The zero-order valence-corrected chi connectivity index (χ0v) is 12.4. The van der Waals surface area contributed by atoms with Gasteiger partial charge in [-0.05, 0) is 34.5 Å². The number of amides is 2. The molecule has 0 atom stereocenters. The standard InChI is InChI=1S/C13H16BrN3O2/c1-16(8-9-17-7-3-5-11(17)18)13(19)12-10(14)4-2-6-15-12/h2,4,6H,3,5,7-9H2,1H3. The van der Waals surface area contributed by atoms with E-state index in [9.17, 15) is 9.59 Å². The molecule has 19 heavy (non-hydrogen) atoms. The second-order valence-electron chi connectivity index (χ2n) is 4.54. The molecule has 0 aliphatic carbocycles. The number of carbonyl (C=O) groups is 2. The average Bonchev–Trinajstić information content (AvgIpc) is 2.81. The van der Waals surface area contributed by atoms with Crippen molar-refractivity contribution in [1.82, 2.24) is 14.8 Å². The van der Waals surface area contributed by atoms with Gasteiger partial charge in [0.2, 0.25) is 5.91 Å². The first-order valence-electron chi connectivity index (χ1n) is 6.23. The summed E-state index contributed by atoms with van der Waals surface area (Å²) >= 11 is 3.32. The zero-order chi connectivity index (χ0) is 13.8. The summed E-state index contributed by atoms with van der Waals surface area (Å²) in [5.41, 5.74) is 0.401. The van der Waals surface area contributed by atoms with E-state index in [4.69, 9.17) is 0 Å². The van der Waals surface area contributed by atoms with E-state index in [0.717, 1.165) is 13.0 Å². The van der Waals surface area contributed by atoms with Crippen molar-refractivity contribution in [3.63, 3.8) is 0 Å². The molecule has 0 aromatic carbocycles. The van der Waals surface area contributed by atoms with Crippen LogP contribution >= 0.6 is 15.9 Å². The molecule has 1 aromatic rings. The lowest BCUT2D eigenvalue weighted by Crippen LogP contribution is -2.37. The Labute approximate surface area is 120 Å². The molecule has 0 N–H and O–H groups in total. The molecule has 0 bridgehead atoms. The number of halogens is 1. The van der Waals surface area contributed by atoms with Crippen LogP contribution in [0.15, 0.2) is 22.8 Å². The number of hydrogen-bond donors (Lipinski definition) is 0. The van der Waals surface area contributed by atoms with Gasteiger partial charge in [0, 0.05) is 43.8 Å². The van der Waals surface area contributed by atoms with Gasteiger partial charge in [-0.15, -0.1) is 0 Å². The topological polar surface area (TPSA) is 53.5 Å². The number of rotatable bonds is 4. The highest BCUT2D eigenvalue weighted by molar-refractivity contribution is 9.10. The first-order chi connectivity index (χ1) is 9.09. The number of nitrogens with zero attached hydrogens (tertiary/aromatic N) is 3. The number of aromatic nitrogens is 1. The Kier molecular flexibility index (Phi) is 4.52. The van der Waals surface area contributed by atoms with Crippen LogP contribution in [0.3, 0.4) is 0 Å². The first-order valence-corrected chi connectivity index (χ1v) is 7.02. The third-order valence-electron chi connectivity index (χ3n) is 3.18. The van der Waals surface area contributed by atoms with Crippen molar-refractivity contribution in [1.29, 1.82) is 0 Å². The second kappa shape index (κ2) is 6.14. The SMILES string of the molecule is CN(CCN1CCCC1=O)C(=O)c1ncccc1Br. The number of likely N-dealkylation sites (N-methyl/N-ethyl adjacent to an activating group) is 1. The lowest BCUT2D eigenvalue weighted by Gasteiger charge is -2.21. The molecule has 1 saturated heterocycles. The van der Waals surface area contributed by atoms with Crippen LogP contribution in [-0.2, 0) is 4.79 Å². The molecule has 5 nitrogen and oxygen atoms in total. The van der Waals surface area contributed by atoms with E-state index in [1.54, 1.807) is 35.2 Å². The van der Waals surface area contributed by atoms with Crippen molar-refractivity contribution in [3.8, 4) is 0 Å². The van der Waals surface area contributed by atoms with Crippen LogP contribution in [0.25, 0.3) is 0 Å². The maximum atomic E-state index is 12.2.